The maximum absolute atomic E-state index is 12.0. The van der Waals surface area contributed by atoms with Crippen molar-refractivity contribution in [1.29, 1.82) is 0 Å². The fourth-order valence-electron chi connectivity index (χ4n) is 2.30. The molecule has 0 atom stereocenters. The van der Waals surface area contributed by atoms with Crippen LogP contribution in [0.5, 0.6) is 5.75 Å². The lowest BCUT2D eigenvalue weighted by atomic mass is 10.2. The van der Waals surface area contributed by atoms with Crippen LogP contribution in [0.15, 0.2) is 48.5 Å². The van der Waals surface area contributed by atoms with Crippen molar-refractivity contribution in [3.8, 4) is 5.75 Å². The van der Waals surface area contributed by atoms with Crippen molar-refractivity contribution in [2.45, 2.75) is 13.0 Å². The second-order valence-electron chi connectivity index (χ2n) is 5.75. The summed E-state index contributed by atoms with van der Waals surface area (Å²) in [5.74, 6) is 0.0108. The van der Waals surface area contributed by atoms with E-state index in [1.165, 1.54) is 0 Å². The molecule has 25 heavy (non-hydrogen) atoms. The van der Waals surface area contributed by atoms with Crippen molar-refractivity contribution in [3.63, 3.8) is 0 Å². The maximum atomic E-state index is 12.0. The molecule has 0 saturated carbocycles. The minimum absolute atomic E-state index is 0.232. The molecule has 2 aromatic carbocycles. The molecule has 6 heteroatoms. The Morgan fingerprint density at radius 3 is 2.32 bits per heavy atom. The van der Waals surface area contributed by atoms with Crippen LogP contribution in [0, 0.1) is 0 Å². The van der Waals surface area contributed by atoms with Gasteiger partial charge in [-0.05, 0) is 30.3 Å². The Bertz CT molecular complexity index is 727. The predicted molar refractivity (Wildman–Crippen MR) is 98.9 cm³/mol. The quantitative estimate of drug-likeness (QED) is 0.759. The van der Waals surface area contributed by atoms with E-state index < -0.39 is 0 Å². The first-order chi connectivity index (χ1) is 12.0. The highest BCUT2D eigenvalue weighted by atomic mass is 16.5. The third-order valence-electron chi connectivity index (χ3n) is 3.66. The van der Waals surface area contributed by atoms with Gasteiger partial charge in [0.1, 0.15) is 12.2 Å². The van der Waals surface area contributed by atoms with Gasteiger partial charge in [-0.1, -0.05) is 18.2 Å². The molecule has 0 aromatic heterocycles. The van der Waals surface area contributed by atoms with Crippen molar-refractivity contribution in [3.05, 3.63) is 54.1 Å². The number of anilines is 2. The summed E-state index contributed by atoms with van der Waals surface area (Å²) in [5, 5.41) is 5.44. The van der Waals surface area contributed by atoms with E-state index in [1.807, 2.05) is 55.4 Å². The molecule has 0 saturated heterocycles. The number of methoxy groups -OCH3 is 1. The monoisotopic (exact) mass is 341 g/mol. The number of nitrogens with zero attached hydrogens (tertiary/aromatic N) is 1. The Hall–Kier alpha value is -3.02. The largest absolute Gasteiger partial charge is 0.496 e. The van der Waals surface area contributed by atoms with Gasteiger partial charge >= 0.3 is 0 Å². The number of rotatable bonds is 7. The topological polar surface area (TPSA) is 70.7 Å². The number of hydrogen-bond acceptors (Lipinski definition) is 4. The fraction of sp³-hybridized carbons (Fsp3) is 0.263. The van der Waals surface area contributed by atoms with Crippen molar-refractivity contribution in [2.75, 3.05) is 31.4 Å². The molecule has 0 aliphatic rings. The third kappa shape index (κ3) is 5.53. The zero-order chi connectivity index (χ0) is 18.2. The Morgan fingerprint density at radius 2 is 1.68 bits per heavy atom. The van der Waals surface area contributed by atoms with E-state index in [0.717, 1.165) is 11.3 Å². The number of para-hydroxylation sites is 1. The Kier molecular flexibility index (Phi) is 6.39. The van der Waals surface area contributed by atoms with Gasteiger partial charge in [0.05, 0.1) is 7.11 Å². The molecule has 0 aliphatic carbocycles. The number of hydrogen-bond donors (Lipinski definition) is 2. The van der Waals surface area contributed by atoms with Crippen LogP contribution >= 0.6 is 0 Å². The van der Waals surface area contributed by atoms with E-state index in [2.05, 4.69) is 10.6 Å². The number of carbonyl (C=O) groups excluding carboxylic acids is 2. The second kappa shape index (κ2) is 8.73. The number of nitrogens with one attached hydrogen (secondary N) is 2. The summed E-state index contributed by atoms with van der Waals surface area (Å²) in [7, 11) is 5.47. The van der Waals surface area contributed by atoms with Crippen molar-refractivity contribution in [1.82, 2.24) is 5.32 Å². The predicted octanol–water partition coefficient (Wildman–Crippen LogP) is 2.41. The lowest BCUT2D eigenvalue weighted by Gasteiger charge is -2.13. The maximum Gasteiger partial charge on any atom is 0.233 e. The fourth-order valence-corrected chi connectivity index (χ4v) is 2.30. The van der Waals surface area contributed by atoms with E-state index >= 15 is 0 Å². The molecular formula is C19H23N3O3. The number of carbonyl (C=O) groups is 2. The highest BCUT2D eigenvalue weighted by Crippen LogP contribution is 2.17. The van der Waals surface area contributed by atoms with Gasteiger partial charge in [0, 0.05) is 37.6 Å². The minimum Gasteiger partial charge on any atom is -0.496 e. The summed E-state index contributed by atoms with van der Waals surface area (Å²) in [5.41, 5.74) is 2.55. The van der Waals surface area contributed by atoms with Crippen LogP contribution in [0.4, 0.5) is 11.4 Å². The van der Waals surface area contributed by atoms with Crippen LogP contribution in [0.3, 0.4) is 0 Å². The lowest BCUT2D eigenvalue weighted by Crippen LogP contribution is -2.27. The Balaban J connectivity index is 1.82. The molecule has 0 unspecified atom stereocenters. The number of ether oxygens (including phenoxy) is 1. The third-order valence-corrected chi connectivity index (χ3v) is 3.66. The second-order valence-corrected chi connectivity index (χ2v) is 5.75. The Labute approximate surface area is 147 Å². The standard InChI is InChI=1S/C19H23N3O3/c1-22(2)16-10-8-15(9-11-16)21-19(24)12-18(23)20-13-14-6-4-5-7-17(14)25-3/h4-11H,12-13H2,1-3H3,(H,20,23)(H,21,24). The molecule has 132 valence electrons. The van der Waals surface area contributed by atoms with Crippen LogP contribution in [0.1, 0.15) is 12.0 Å². The summed E-state index contributed by atoms with van der Waals surface area (Å²) in [6.07, 6.45) is -0.232. The molecule has 2 amide bonds. The molecule has 0 radical (unpaired) electrons. The van der Waals surface area contributed by atoms with E-state index in [1.54, 1.807) is 19.2 Å². The van der Waals surface area contributed by atoms with E-state index in [-0.39, 0.29) is 18.2 Å². The summed E-state index contributed by atoms with van der Waals surface area (Å²) < 4.78 is 5.23. The van der Waals surface area contributed by atoms with Gasteiger partial charge in [0.15, 0.2) is 0 Å². The van der Waals surface area contributed by atoms with Crippen LogP contribution in [0.2, 0.25) is 0 Å². The first-order valence-electron chi connectivity index (χ1n) is 7.95. The van der Waals surface area contributed by atoms with Gasteiger partial charge in [0.2, 0.25) is 11.8 Å². The molecule has 2 rings (SSSR count). The van der Waals surface area contributed by atoms with Crippen molar-refractivity contribution < 1.29 is 14.3 Å². The SMILES string of the molecule is COc1ccccc1CNC(=O)CC(=O)Nc1ccc(N(C)C)cc1. The number of benzene rings is 2. The highest BCUT2D eigenvalue weighted by Gasteiger charge is 2.11. The van der Waals surface area contributed by atoms with Crippen LogP contribution in [0.25, 0.3) is 0 Å². The number of amides is 2. The molecular weight excluding hydrogens is 318 g/mol. The van der Waals surface area contributed by atoms with Gasteiger partial charge in [0.25, 0.3) is 0 Å². The van der Waals surface area contributed by atoms with E-state index in [0.29, 0.717) is 18.0 Å². The normalized spacial score (nSPS) is 10.0. The smallest absolute Gasteiger partial charge is 0.233 e. The molecule has 0 spiro atoms. The van der Waals surface area contributed by atoms with Crippen LogP contribution in [-0.4, -0.2) is 33.0 Å². The van der Waals surface area contributed by atoms with Gasteiger partial charge in [-0.15, -0.1) is 0 Å². The molecule has 0 fully saturated rings. The summed E-state index contributed by atoms with van der Waals surface area (Å²) >= 11 is 0. The molecule has 0 heterocycles. The summed E-state index contributed by atoms with van der Waals surface area (Å²) in [6, 6.07) is 14.8. The molecule has 2 aromatic rings. The average molecular weight is 341 g/mol. The highest BCUT2D eigenvalue weighted by molar-refractivity contribution is 6.03. The van der Waals surface area contributed by atoms with E-state index in [4.69, 9.17) is 4.74 Å². The van der Waals surface area contributed by atoms with Crippen molar-refractivity contribution >= 4 is 23.2 Å². The first kappa shape index (κ1) is 18.3. The van der Waals surface area contributed by atoms with E-state index in [9.17, 15) is 9.59 Å². The molecule has 6 nitrogen and oxygen atoms in total. The zero-order valence-corrected chi connectivity index (χ0v) is 14.7. The van der Waals surface area contributed by atoms with Crippen LogP contribution < -0.4 is 20.3 Å². The lowest BCUT2D eigenvalue weighted by molar-refractivity contribution is -0.126. The van der Waals surface area contributed by atoms with Gasteiger partial charge in [-0.2, -0.15) is 0 Å². The van der Waals surface area contributed by atoms with Gasteiger partial charge < -0.3 is 20.3 Å². The molecule has 0 bridgehead atoms. The first-order valence-corrected chi connectivity index (χ1v) is 7.95. The minimum atomic E-state index is -0.352. The summed E-state index contributed by atoms with van der Waals surface area (Å²) in [4.78, 5) is 25.9. The summed E-state index contributed by atoms with van der Waals surface area (Å²) in [6.45, 7) is 0.313. The average Bonchev–Trinajstić information content (AvgIpc) is 2.60. The zero-order valence-electron chi connectivity index (χ0n) is 14.7. The van der Waals surface area contributed by atoms with Crippen LogP contribution in [-0.2, 0) is 16.1 Å². The molecule has 2 N–H and O–H groups in total. The van der Waals surface area contributed by atoms with Crippen molar-refractivity contribution in [2.24, 2.45) is 0 Å². The van der Waals surface area contributed by atoms with Gasteiger partial charge in [-0.3, -0.25) is 9.59 Å². The van der Waals surface area contributed by atoms with Gasteiger partial charge in [-0.25, -0.2) is 0 Å². The Morgan fingerprint density at radius 1 is 1.00 bits per heavy atom. The molecule has 0 aliphatic heterocycles.